The molecule has 29 heavy (non-hydrogen) atoms. The molecule has 0 saturated carbocycles. The number of fused-ring (bicyclic) bond motifs is 1. The summed E-state index contributed by atoms with van der Waals surface area (Å²) in [6.45, 7) is 0. The zero-order valence-electron chi connectivity index (χ0n) is 15.8. The Morgan fingerprint density at radius 3 is 1.69 bits per heavy atom. The van der Waals surface area contributed by atoms with E-state index in [1.165, 1.54) is 0 Å². The Morgan fingerprint density at radius 1 is 0.517 bits per heavy atom. The van der Waals surface area contributed by atoms with Crippen LogP contribution in [0, 0.1) is 0 Å². The fourth-order valence-corrected chi connectivity index (χ4v) is 3.77. The fourth-order valence-electron chi connectivity index (χ4n) is 3.77. The Morgan fingerprint density at radius 2 is 1.07 bits per heavy atom. The van der Waals surface area contributed by atoms with Gasteiger partial charge in [-0.2, -0.15) is 0 Å². The van der Waals surface area contributed by atoms with Gasteiger partial charge in [-0.25, -0.2) is 0 Å². The molecule has 0 unspecified atom stereocenters. The molecule has 0 radical (unpaired) electrons. The summed E-state index contributed by atoms with van der Waals surface area (Å²) in [5.41, 5.74) is 6.95. The molecular weight excluding hydrogens is 354 g/mol. The highest BCUT2D eigenvalue weighted by atomic mass is 16.1. The number of benzene rings is 4. The van der Waals surface area contributed by atoms with Crippen LogP contribution in [0.3, 0.4) is 0 Å². The molecule has 0 saturated heterocycles. The Kier molecular flexibility index (Phi) is 4.30. The Bertz CT molecular complexity index is 1340. The van der Waals surface area contributed by atoms with Gasteiger partial charge in [-0.05, 0) is 34.4 Å². The molecule has 2 heteroatoms. The topological polar surface area (TPSA) is 32.9 Å². The maximum Gasteiger partial charge on any atom is 0.190 e. The van der Waals surface area contributed by atoms with Crippen molar-refractivity contribution in [1.29, 1.82) is 0 Å². The maximum atomic E-state index is 13.1. The van der Waals surface area contributed by atoms with Crippen molar-refractivity contribution in [2.75, 3.05) is 0 Å². The van der Waals surface area contributed by atoms with Crippen LogP contribution in [0.25, 0.3) is 44.4 Å². The average molecular weight is 373 g/mol. The SMILES string of the molecule is O=c1cc(-c2ccccc2)[nH]c2c(-c3ccccc3)cc(-c3ccccc3)cc12. The van der Waals surface area contributed by atoms with Gasteiger partial charge in [0.2, 0.25) is 0 Å². The van der Waals surface area contributed by atoms with Crippen molar-refractivity contribution in [3.63, 3.8) is 0 Å². The molecule has 0 spiro atoms. The van der Waals surface area contributed by atoms with E-state index in [9.17, 15) is 4.79 Å². The van der Waals surface area contributed by atoms with E-state index in [1.807, 2.05) is 72.8 Å². The summed E-state index contributed by atoms with van der Waals surface area (Å²) in [7, 11) is 0. The van der Waals surface area contributed by atoms with E-state index in [1.54, 1.807) is 6.07 Å². The predicted molar refractivity (Wildman–Crippen MR) is 121 cm³/mol. The van der Waals surface area contributed by atoms with Crippen molar-refractivity contribution in [3.05, 3.63) is 119 Å². The third-order valence-corrected chi connectivity index (χ3v) is 5.22. The molecule has 1 N–H and O–H groups in total. The van der Waals surface area contributed by atoms with Crippen LogP contribution in [0.15, 0.2) is 114 Å². The molecule has 0 amide bonds. The van der Waals surface area contributed by atoms with Gasteiger partial charge in [0, 0.05) is 22.7 Å². The van der Waals surface area contributed by atoms with Crippen molar-refractivity contribution in [3.8, 4) is 33.5 Å². The molecule has 0 fully saturated rings. The van der Waals surface area contributed by atoms with E-state index in [2.05, 4.69) is 35.3 Å². The van der Waals surface area contributed by atoms with E-state index in [-0.39, 0.29) is 5.43 Å². The molecule has 5 aromatic rings. The Labute approximate surface area is 169 Å². The fraction of sp³-hybridized carbons (Fsp3) is 0. The number of rotatable bonds is 3. The number of hydrogen-bond donors (Lipinski definition) is 1. The third kappa shape index (κ3) is 3.26. The molecule has 0 aliphatic heterocycles. The zero-order valence-corrected chi connectivity index (χ0v) is 15.8. The second-order valence-corrected chi connectivity index (χ2v) is 7.09. The lowest BCUT2D eigenvalue weighted by Gasteiger charge is -2.13. The molecule has 0 atom stereocenters. The molecule has 2 nitrogen and oxygen atoms in total. The summed E-state index contributed by atoms with van der Waals surface area (Å²) in [6, 6.07) is 36.2. The number of pyridine rings is 1. The molecular formula is C27H19NO. The van der Waals surface area contributed by atoms with E-state index in [0.717, 1.165) is 39.0 Å². The summed E-state index contributed by atoms with van der Waals surface area (Å²) in [6.07, 6.45) is 0. The van der Waals surface area contributed by atoms with Gasteiger partial charge in [0.25, 0.3) is 0 Å². The Balaban J connectivity index is 1.84. The lowest BCUT2D eigenvalue weighted by Crippen LogP contribution is -2.04. The van der Waals surface area contributed by atoms with Crippen molar-refractivity contribution >= 4 is 10.9 Å². The maximum absolute atomic E-state index is 13.1. The first-order valence-corrected chi connectivity index (χ1v) is 9.67. The molecule has 0 aliphatic carbocycles. The van der Waals surface area contributed by atoms with Gasteiger partial charge in [0.15, 0.2) is 5.43 Å². The van der Waals surface area contributed by atoms with E-state index in [0.29, 0.717) is 5.39 Å². The minimum absolute atomic E-state index is 0.0209. The standard InChI is InChI=1S/C27H19NO/c29-26-18-25(21-14-8-3-9-15-21)28-27-23(20-12-6-2-7-13-20)16-22(17-24(26)27)19-10-4-1-5-11-19/h1-18H,(H,28,29). The molecule has 5 rings (SSSR count). The lowest BCUT2D eigenvalue weighted by atomic mass is 9.95. The van der Waals surface area contributed by atoms with Crippen molar-refractivity contribution < 1.29 is 0 Å². The highest BCUT2D eigenvalue weighted by molar-refractivity contribution is 5.98. The average Bonchev–Trinajstić information content (AvgIpc) is 2.80. The van der Waals surface area contributed by atoms with E-state index in [4.69, 9.17) is 0 Å². The number of aromatic amines is 1. The Hall–Kier alpha value is -3.91. The van der Waals surface area contributed by atoms with Crippen LogP contribution in [0.1, 0.15) is 0 Å². The molecule has 0 aliphatic rings. The van der Waals surface area contributed by atoms with E-state index < -0.39 is 0 Å². The van der Waals surface area contributed by atoms with Crippen LogP contribution in [-0.4, -0.2) is 4.98 Å². The van der Waals surface area contributed by atoms with Crippen LogP contribution in [0.5, 0.6) is 0 Å². The first-order valence-electron chi connectivity index (χ1n) is 9.67. The molecule has 138 valence electrons. The highest BCUT2D eigenvalue weighted by Gasteiger charge is 2.12. The number of hydrogen-bond acceptors (Lipinski definition) is 1. The summed E-state index contributed by atoms with van der Waals surface area (Å²) in [5.74, 6) is 0. The third-order valence-electron chi connectivity index (χ3n) is 5.22. The van der Waals surface area contributed by atoms with Gasteiger partial charge < -0.3 is 4.98 Å². The van der Waals surface area contributed by atoms with Gasteiger partial charge in [0.1, 0.15) is 0 Å². The van der Waals surface area contributed by atoms with Crippen molar-refractivity contribution in [2.45, 2.75) is 0 Å². The normalized spacial score (nSPS) is 10.9. The first-order chi connectivity index (χ1) is 14.3. The second-order valence-electron chi connectivity index (χ2n) is 7.09. The van der Waals surface area contributed by atoms with Crippen molar-refractivity contribution in [2.24, 2.45) is 0 Å². The largest absolute Gasteiger partial charge is 0.354 e. The number of aromatic nitrogens is 1. The van der Waals surface area contributed by atoms with Crippen LogP contribution in [-0.2, 0) is 0 Å². The van der Waals surface area contributed by atoms with Gasteiger partial charge in [-0.1, -0.05) is 91.0 Å². The van der Waals surface area contributed by atoms with Gasteiger partial charge >= 0.3 is 0 Å². The monoisotopic (exact) mass is 373 g/mol. The predicted octanol–water partition coefficient (Wildman–Crippen LogP) is 6.53. The molecule has 0 bridgehead atoms. The van der Waals surface area contributed by atoms with Crippen LogP contribution >= 0.6 is 0 Å². The van der Waals surface area contributed by atoms with Crippen molar-refractivity contribution in [1.82, 2.24) is 4.98 Å². The second kappa shape index (κ2) is 7.25. The first kappa shape index (κ1) is 17.2. The van der Waals surface area contributed by atoms with Crippen LogP contribution in [0.4, 0.5) is 0 Å². The molecule has 1 heterocycles. The summed E-state index contributed by atoms with van der Waals surface area (Å²) >= 11 is 0. The smallest absolute Gasteiger partial charge is 0.190 e. The minimum atomic E-state index is 0.0209. The quantitative estimate of drug-likeness (QED) is 0.383. The van der Waals surface area contributed by atoms with Crippen LogP contribution < -0.4 is 5.43 Å². The lowest BCUT2D eigenvalue weighted by molar-refractivity contribution is 1.38. The summed E-state index contributed by atoms with van der Waals surface area (Å²) in [5, 5.41) is 0.699. The molecule has 1 aromatic heterocycles. The highest BCUT2D eigenvalue weighted by Crippen LogP contribution is 2.33. The summed E-state index contributed by atoms with van der Waals surface area (Å²) in [4.78, 5) is 16.6. The van der Waals surface area contributed by atoms with Gasteiger partial charge in [-0.15, -0.1) is 0 Å². The van der Waals surface area contributed by atoms with Gasteiger partial charge in [0.05, 0.1) is 5.52 Å². The number of H-pyrrole nitrogens is 1. The van der Waals surface area contributed by atoms with Crippen LogP contribution in [0.2, 0.25) is 0 Å². The number of nitrogens with one attached hydrogen (secondary N) is 1. The minimum Gasteiger partial charge on any atom is -0.354 e. The molecule has 4 aromatic carbocycles. The zero-order chi connectivity index (χ0) is 19.6. The van der Waals surface area contributed by atoms with E-state index >= 15 is 0 Å². The summed E-state index contributed by atoms with van der Waals surface area (Å²) < 4.78 is 0. The van der Waals surface area contributed by atoms with Gasteiger partial charge in [-0.3, -0.25) is 4.79 Å².